The maximum atomic E-state index is 10.9. The van der Waals surface area contributed by atoms with Crippen LogP contribution in [0.4, 0.5) is 0 Å². The van der Waals surface area contributed by atoms with Crippen molar-refractivity contribution in [3.05, 3.63) is 11.6 Å². The first-order valence-corrected chi connectivity index (χ1v) is 3.54. The molecule has 0 aromatic carbocycles. The molecule has 0 radical (unpaired) electrons. The first-order chi connectivity index (χ1) is 4.84. The fraction of sp³-hybridized carbons (Fsp3) is 0.571. The van der Waals surface area contributed by atoms with E-state index < -0.39 is 0 Å². The molecule has 0 aromatic rings. The van der Waals surface area contributed by atoms with Crippen molar-refractivity contribution >= 4 is 5.91 Å². The number of allylic oxidation sites excluding steroid dienone is 1. The van der Waals surface area contributed by atoms with Gasteiger partial charge in [-0.25, -0.2) is 5.84 Å². The normalized spacial score (nSPS) is 17.9. The number of hydrazine groups is 1. The molecule has 0 saturated heterocycles. The van der Waals surface area contributed by atoms with Crippen molar-refractivity contribution < 1.29 is 4.79 Å². The Hall–Kier alpha value is -0.830. The summed E-state index contributed by atoms with van der Waals surface area (Å²) in [4.78, 5) is 10.9. The number of nitrogens with one attached hydrogen (secondary N) is 1. The first kappa shape index (κ1) is 7.28. The highest BCUT2D eigenvalue weighted by atomic mass is 16.2. The van der Waals surface area contributed by atoms with Gasteiger partial charge in [0, 0.05) is 5.57 Å². The Morgan fingerprint density at radius 2 is 2.40 bits per heavy atom. The van der Waals surface area contributed by atoms with Gasteiger partial charge in [0.2, 0.25) is 0 Å². The van der Waals surface area contributed by atoms with E-state index in [1.165, 1.54) is 6.42 Å². The largest absolute Gasteiger partial charge is 0.290 e. The second kappa shape index (κ2) is 3.37. The average molecular weight is 140 g/mol. The Kier molecular flexibility index (Phi) is 2.45. The molecule has 56 valence electrons. The van der Waals surface area contributed by atoms with Crippen LogP contribution in [0.25, 0.3) is 0 Å². The molecule has 3 nitrogen and oxygen atoms in total. The summed E-state index contributed by atoms with van der Waals surface area (Å²) in [5.41, 5.74) is 2.97. The van der Waals surface area contributed by atoms with Gasteiger partial charge in [-0.2, -0.15) is 0 Å². The maximum Gasteiger partial charge on any atom is 0.260 e. The van der Waals surface area contributed by atoms with E-state index in [2.05, 4.69) is 5.43 Å². The van der Waals surface area contributed by atoms with Crippen LogP contribution in [0.15, 0.2) is 11.6 Å². The van der Waals surface area contributed by atoms with Gasteiger partial charge in [0.1, 0.15) is 0 Å². The molecule has 3 N–H and O–H groups in total. The fourth-order valence-electron chi connectivity index (χ4n) is 1.14. The van der Waals surface area contributed by atoms with Crippen LogP contribution in [0.5, 0.6) is 0 Å². The third-order valence-electron chi connectivity index (χ3n) is 1.71. The van der Waals surface area contributed by atoms with Gasteiger partial charge in [0.15, 0.2) is 0 Å². The van der Waals surface area contributed by atoms with Crippen molar-refractivity contribution in [2.75, 3.05) is 0 Å². The molecule has 1 aliphatic carbocycles. The van der Waals surface area contributed by atoms with Crippen molar-refractivity contribution in [3.63, 3.8) is 0 Å². The van der Waals surface area contributed by atoms with Crippen LogP contribution in [0.1, 0.15) is 25.7 Å². The zero-order valence-electron chi connectivity index (χ0n) is 5.89. The van der Waals surface area contributed by atoms with Gasteiger partial charge in [-0.1, -0.05) is 6.08 Å². The number of hydrogen-bond donors (Lipinski definition) is 2. The van der Waals surface area contributed by atoms with E-state index in [-0.39, 0.29) is 5.91 Å². The van der Waals surface area contributed by atoms with Crippen LogP contribution >= 0.6 is 0 Å². The quantitative estimate of drug-likeness (QED) is 0.316. The van der Waals surface area contributed by atoms with E-state index in [1.807, 2.05) is 6.08 Å². The fourth-order valence-corrected chi connectivity index (χ4v) is 1.14. The molecule has 1 amide bonds. The second-order valence-corrected chi connectivity index (χ2v) is 2.45. The van der Waals surface area contributed by atoms with Gasteiger partial charge in [-0.15, -0.1) is 0 Å². The van der Waals surface area contributed by atoms with Gasteiger partial charge >= 0.3 is 0 Å². The molecule has 0 atom stereocenters. The van der Waals surface area contributed by atoms with Crippen molar-refractivity contribution in [2.24, 2.45) is 5.84 Å². The number of amides is 1. The summed E-state index contributed by atoms with van der Waals surface area (Å²) in [7, 11) is 0. The summed E-state index contributed by atoms with van der Waals surface area (Å²) in [6.07, 6.45) is 6.16. The number of hydrogen-bond acceptors (Lipinski definition) is 2. The Labute approximate surface area is 60.3 Å². The third kappa shape index (κ3) is 1.57. The number of nitrogens with two attached hydrogens (primary N) is 1. The summed E-state index contributed by atoms with van der Waals surface area (Å²) < 4.78 is 0. The molecule has 1 rings (SSSR count). The summed E-state index contributed by atoms with van der Waals surface area (Å²) >= 11 is 0. The van der Waals surface area contributed by atoms with Gasteiger partial charge in [0.05, 0.1) is 0 Å². The molecule has 1 aliphatic rings. The average Bonchev–Trinajstić information content (AvgIpc) is 2.05. The summed E-state index contributed by atoms with van der Waals surface area (Å²) in [6.45, 7) is 0. The molecule has 10 heavy (non-hydrogen) atoms. The molecule has 0 heterocycles. The molecule has 0 saturated carbocycles. The lowest BCUT2D eigenvalue weighted by molar-refractivity contribution is -0.117. The smallest absolute Gasteiger partial charge is 0.260 e. The summed E-state index contributed by atoms with van der Waals surface area (Å²) in [5.74, 6) is 4.84. The highest BCUT2D eigenvalue weighted by Gasteiger charge is 2.09. The van der Waals surface area contributed by atoms with Gasteiger partial charge < -0.3 is 0 Å². The zero-order chi connectivity index (χ0) is 7.40. The van der Waals surface area contributed by atoms with E-state index in [4.69, 9.17) is 5.84 Å². The topological polar surface area (TPSA) is 55.1 Å². The number of carbonyl (C=O) groups is 1. The van der Waals surface area contributed by atoms with Crippen molar-refractivity contribution in [2.45, 2.75) is 25.7 Å². The minimum Gasteiger partial charge on any atom is -0.290 e. The molecular weight excluding hydrogens is 128 g/mol. The number of rotatable bonds is 1. The Bertz CT molecular complexity index is 163. The van der Waals surface area contributed by atoms with Gasteiger partial charge in [-0.05, 0) is 25.7 Å². The molecule has 0 unspecified atom stereocenters. The predicted octanol–water partition coefficient (Wildman–Crippen LogP) is 0.477. The summed E-state index contributed by atoms with van der Waals surface area (Å²) in [5, 5.41) is 0. The third-order valence-corrected chi connectivity index (χ3v) is 1.71. The van der Waals surface area contributed by atoms with E-state index in [1.54, 1.807) is 0 Å². The second-order valence-electron chi connectivity index (χ2n) is 2.45. The molecule has 0 aromatic heterocycles. The van der Waals surface area contributed by atoms with E-state index in [9.17, 15) is 4.79 Å². The van der Waals surface area contributed by atoms with Crippen LogP contribution in [-0.2, 0) is 4.79 Å². The van der Waals surface area contributed by atoms with Crippen molar-refractivity contribution in [3.8, 4) is 0 Å². The molecule has 0 aliphatic heterocycles. The lowest BCUT2D eigenvalue weighted by Gasteiger charge is -2.09. The monoisotopic (exact) mass is 140 g/mol. The van der Waals surface area contributed by atoms with Crippen LogP contribution < -0.4 is 11.3 Å². The van der Waals surface area contributed by atoms with E-state index in [0.29, 0.717) is 0 Å². The maximum absolute atomic E-state index is 10.9. The van der Waals surface area contributed by atoms with Gasteiger partial charge in [-0.3, -0.25) is 10.2 Å². The minimum absolute atomic E-state index is 0.125. The van der Waals surface area contributed by atoms with Crippen molar-refractivity contribution in [1.29, 1.82) is 0 Å². The Morgan fingerprint density at radius 3 is 2.90 bits per heavy atom. The number of carbonyl (C=O) groups excluding carboxylic acids is 1. The van der Waals surface area contributed by atoms with Crippen LogP contribution in [0, 0.1) is 0 Å². The molecule has 0 fully saturated rings. The molecule has 0 spiro atoms. The molecule has 3 heteroatoms. The van der Waals surface area contributed by atoms with E-state index >= 15 is 0 Å². The molecular formula is C7H12N2O. The van der Waals surface area contributed by atoms with Crippen LogP contribution in [0.2, 0.25) is 0 Å². The SMILES string of the molecule is NNC(=O)C1=CCCCC1. The standard InChI is InChI=1S/C7H12N2O/c8-9-7(10)6-4-2-1-3-5-6/h4H,1-3,5,8H2,(H,9,10). The van der Waals surface area contributed by atoms with Gasteiger partial charge in [0.25, 0.3) is 5.91 Å². The predicted molar refractivity (Wildman–Crippen MR) is 38.9 cm³/mol. The first-order valence-electron chi connectivity index (χ1n) is 3.54. The Morgan fingerprint density at radius 1 is 1.60 bits per heavy atom. The lowest BCUT2D eigenvalue weighted by atomic mass is 9.99. The summed E-state index contributed by atoms with van der Waals surface area (Å²) in [6, 6.07) is 0. The van der Waals surface area contributed by atoms with Crippen molar-refractivity contribution in [1.82, 2.24) is 5.43 Å². The molecule has 0 bridgehead atoms. The van der Waals surface area contributed by atoms with E-state index in [0.717, 1.165) is 24.8 Å². The highest BCUT2D eigenvalue weighted by molar-refractivity contribution is 5.92. The minimum atomic E-state index is -0.125. The van der Waals surface area contributed by atoms with Crippen LogP contribution in [0.3, 0.4) is 0 Å². The van der Waals surface area contributed by atoms with Crippen LogP contribution in [-0.4, -0.2) is 5.91 Å². The lowest BCUT2D eigenvalue weighted by Crippen LogP contribution is -2.31. The Balaban J connectivity index is 2.53. The highest BCUT2D eigenvalue weighted by Crippen LogP contribution is 2.16. The zero-order valence-corrected chi connectivity index (χ0v) is 5.89.